The number of hydrogen-bond donors (Lipinski definition) is 1. The summed E-state index contributed by atoms with van der Waals surface area (Å²) in [6.45, 7) is 4.26. The lowest BCUT2D eigenvalue weighted by molar-refractivity contribution is -0.118. The first-order valence-corrected chi connectivity index (χ1v) is 7.52. The van der Waals surface area contributed by atoms with E-state index < -0.39 is 0 Å². The quantitative estimate of drug-likeness (QED) is 0.737. The van der Waals surface area contributed by atoms with Crippen LogP contribution in [0, 0.1) is 13.8 Å². The molecule has 2 aromatic carbocycles. The Morgan fingerprint density at radius 1 is 1.22 bits per heavy atom. The summed E-state index contributed by atoms with van der Waals surface area (Å²) in [5.74, 6) is -0.358. The average molecular weight is 305 g/mol. The number of aryl methyl sites for hydroxylation is 2. The minimum absolute atomic E-state index is 0.165. The molecule has 3 rings (SSSR count). The summed E-state index contributed by atoms with van der Waals surface area (Å²) >= 11 is 0. The van der Waals surface area contributed by atoms with Crippen LogP contribution in [-0.4, -0.2) is 16.7 Å². The van der Waals surface area contributed by atoms with Gasteiger partial charge in [-0.3, -0.25) is 9.79 Å². The Kier molecular flexibility index (Phi) is 3.98. The van der Waals surface area contributed by atoms with Crippen LogP contribution in [0.2, 0.25) is 0 Å². The molecule has 2 N–H and O–H groups in total. The molecule has 3 aromatic rings. The molecule has 0 unspecified atom stereocenters. The van der Waals surface area contributed by atoms with Crippen molar-refractivity contribution in [3.63, 3.8) is 0 Å². The van der Waals surface area contributed by atoms with Gasteiger partial charge in [0.25, 0.3) is 0 Å². The predicted octanol–water partition coefficient (Wildman–Crippen LogP) is 3.49. The first-order valence-electron chi connectivity index (χ1n) is 7.52. The molecule has 0 radical (unpaired) electrons. The molecule has 0 aliphatic carbocycles. The van der Waals surface area contributed by atoms with Gasteiger partial charge < -0.3 is 10.3 Å². The van der Waals surface area contributed by atoms with E-state index in [9.17, 15) is 4.79 Å². The fourth-order valence-electron chi connectivity index (χ4n) is 2.67. The molecular formula is C19H19N3O. The van der Waals surface area contributed by atoms with Gasteiger partial charge in [-0.05, 0) is 37.1 Å². The third-order valence-corrected chi connectivity index (χ3v) is 3.85. The first kappa shape index (κ1) is 15.0. The van der Waals surface area contributed by atoms with E-state index in [-0.39, 0.29) is 12.5 Å². The molecule has 0 saturated heterocycles. The minimum atomic E-state index is -0.358. The highest BCUT2D eigenvalue weighted by Gasteiger charge is 2.08. The number of para-hydroxylation sites is 1. The van der Waals surface area contributed by atoms with Crippen molar-refractivity contribution in [3.8, 4) is 0 Å². The van der Waals surface area contributed by atoms with Gasteiger partial charge in [0.05, 0.1) is 5.69 Å². The molecule has 116 valence electrons. The number of amides is 1. The summed E-state index contributed by atoms with van der Waals surface area (Å²) in [7, 11) is 0. The topological polar surface area (TPSA) is 60.4 Å². The van der Waals surface area contributed by atoms with Crippen LogP contribution in [0.4, 0.5) is 5.69 Å². The highest BCUT2D eigenvalue weighted by atomic mass is 16.1. The van der Waals surface area contributed by atoms with Crippen LogP contribution in [0.5, 0.6) is 0 Å². The van der Waals surface area contributed by atoms with Crippen LogP contribution in [0.1, 0.15) is 16.7 Å². The monoisotopic (exact) mass is 305 g/mol. The summed E-state index contributed by atoms with van der Waals surface area (Å²) in [5, 5.41) is 1.06. The Hall–Kier alpha value is -2.88. The Morgan fingerprint density at radius 2 is 2.00 bits per heavy atom. The third kappa shape index (κ3) is 3.16. The van der Waals surface area contributed by atoms with E-state index in [1.807, 2.05) is 48.2 Å². The van der Waals surface area contributed by atoms with Crippen LogP contribution in [0.15, 0.2) is 53.7 Å². The van der Waals surface area contributed by atoms with Crippen LogP contribution in [-0.2, 0) is 11.3 Å². The second kappa shape index (κ2) is 6.08. The Morgan fingerprint density at radius 3 is 2.78 bits per heavy atom. The predicted molar refractivity (Wildman–Crippen MR) is 94.3 cm³/mol. The van der Waals surface area contributed by atoms with Crippen LogP contribution < -0.4 is 5.73 Å². The number of carbonyl (C=O) groups is 1. The van der Waals surface area contributed by atoms with Gasteiger partial charge in [0.15, 0.2) is 0 Å². The third-order valence-electron chi connectivity index (χ3n) is 3.85. The summed E-state index contributed by atoms with van der Waals surface area (Å²) in [6, 6.07) is 14.1. The second-order valence-electron chi connectivity index (χ2n) is 5.74. The largest absolute Gasteiger partial charge is 0.368 e. The van der Waals surface area contributed by atoms with E-state index in [2.05, 4.69) is 30.1 Å². The lowest BCUT2D eigenvalue weighted by atomic mass is 10.1. The van der Waals surface area contributed by atoms with Gasteiger partial charge in [0.1, 0.15) is 6.54 Å². The number of nitrogens with zero attached hydrogens (tertiary/aromatic N) is 2. The van der Waals surface area contributed by atoms with Crippen molar-refractivity contribution < 1.29 is 4.79 Å². The van der Waals surface area contributed by atoms with Crippen molar-refractivity contribution in [2.75, 3.05) is 0 Å². The fraction of sp³-hybridized carbons (Fsp3) is 0.158. The van der Waals surface area contributed by atoms with E-state index in [1.165, 1.54) is 5.56 Å². The Labute approximate surface area is 135 Å². The number of fused-ring (bicyclic) bond motifs is 1. The van der Waals surface area contributed by atoms with Crippen molar-refractivity contribution in [3.05, 3.63) is 65.4 Å². The molecule has 1 amide bonds. The lowest BCUT2D eigenvalue weighted by Gasteiger charge is -2.00. The van der Waals surface area contributed by atoms with Crippen molar-refractivity contribution in [1.82, 2.24) is 4.57 Å². The van der Waals surface area contributed by atoms with E-state index in [0.717, 1.165) is 27.7 Å². The maximum absolute atomic E-state index is 11.3. The number of hydrogen-bond acceptors (Lipinski definition) is 2. The first-order chi connectivity index (χ1) is 11.0. The number of carbonyl (C=O) groups excluding carboxylic acids is 1. The molecule has 23 heavy (non-hydrogen) atoms. The van der Waals surface area contributed by atoms with Crippen LogP contribution in [0.25, 0.3) is 10.9 Å². The second-order valence-corrected chi connectivity index (χ2v) is 5.74. The van der Waals surface area contributed by atoms with Gasteiger partial charge >= 0.3 is 0 Å². The summed E-state index contributed by atoms with van der Waals surface area (Å²) in [4.78, 5) is 15.9. The van der Waals surface area contributed by atoms with E-state index >= 15 is 0 Å². The van der Waals surface area contributed by atoms with E-state index in [1.54, 1.807) is 0 Å². The number of benzene rings is 2. The Balaban J connectivity index is 2.04. The molecule has 0 bridgehead atoms. The van der Waals surface area contributed by atoms with Crippen molar-refractivity contribution in [2.45, 2.75) is 20.4 Å². The highest BCUT2D eigenvalue weighted by Crippen LogP contribution is 2.23. The number of aromatic nitrogens is 1. The number of nitrogens with two attached hydrogens (primary N) is 1. The SMILES string of the molecule is Cc1ccc(C)c(N=Cc2cn(CC(N)=O)c3ccccc23)c1. The lowest BCUT2D eigenvalue weighted by Crippen LogP contribution is -2.17. The minimum Gasteiger partial charge on any atom is -0.368 e. The molecule has 0 fully saturated rings. The zero-order valence-electron chi connectivity index (χ0n) is 13.3. The normalized spacial score (nSPS) is 11.4. The zero-order valence-corrected chi connectivity index (χ0v) is 13.3. The smallest absolute Gasteiger partial charge is 0.237 e. The average Bonchev–Trinajstić information content (AvgIpc) is 2.86. The summed E-state index contributed by atoms with van der Waals surface area (Å²) in [6.07, 6.45) is 3.77. The summed E-state index contributed by atoms with van der Waals surface area (Å²) in [5.41, 5.74) is 10.6. The molecule has 0 aliphatic rings. The van der Waals surface area contributed by atoms with Gasteiger partial charge in [0.2, 0.25) is 5.91 Å². The van der Waals surface area contributed by atoms with Crippen molar-refractivity contribution in [1.29, 1.82) is 0 Å². The molecule has 4 heteroatoms. The molecule has 4 nitrogen and oxygen atoms in total. The van der Waals surface area contributed by atoms with Gasteiger partial charge in [-0.2, -0.15) is 0 Å². The molecule has 0 aliphatic heterocycles. The number of primary amides is 1. The molecule has 1 heterocycles. The van der Waals surface area contributed by atoms with E-state index in [4.69, 9.17) is 5.73 Å². The maximum Gasteiger partial charge on any atom is 0.237 e. The molecule has 0 atom stereocenters. The van der Waals surface area contributed by atoms with Gasteiger partial charge in [-0.1, -0.05) is 30.3 Å². The highest BCUT2D eigenvalue weighted by molar-refractivity contribution is 6.00. The maximum atomic E-state index is 11.3. The van der Waals surface area contributed by atoms with Crippen molar-refractivity contribution >= 4 is 28.7 Å². The molecular weight excluding hydrogens is 286 g/mol. The standard InChI is InChI=1S/C19H19N3O/c1-13-7-8-14(2)17(9-13)21-10-15-11-22(12-19(20)23)18-6-4-3-5-16(15)18/h3-11H,12H2,1-2H3,(H2,20,23). The van der Waals surface area contributed by atoms with Gasteiger partial charge in [-0.15, -0.1) is 0 Å². The van der Waals surface area contributed by atoms with Gasteiger partial charge in [-0.25, -0.2) is 0 Å². The molecule has 0 spiro atoms. The Bertz CT molecular complexity index is 906. The van der Waals surface area contributed by atoms with Crippen LogP contribution >= 0.6 is 0 Å². The molecule has 1 aromatic heterocycles. The zero-order chi connectivity index (χ0) is 16.4. The molecule has 0 saturated carbocycles. The van der Waals surface area contributed by atoms with Gasteiger partial charge in [0, 0.05) is 28.9 Å². The fourth-order valence-corrected chi connectivity index (χ4v) is 2.67. The number of rotatable bonds is 4. The summed E-state index contributed by atoms with van der Waals surface area (Å²) < 4.78 is 1.86. The van der Waals surface area contributed by atoms with Crippen molar-refractivity contribution in [2.24, 2.45) is 10.7 Å². The number of aliphatic imine (C=N–C) groups is 1. The van der Waals surface area contributed by atoms with E-state index in [0.29, 0.717) is 0 Å². The van der Waals surface area contributed by atoms with Crippen LogP contribution in [0.3, 0.4) is 0 Å².